The molecule has 0 radical (unpaired) electrons. The van der Waals surface area contributed by atoms with Crippen LogP contribution in [-0.4, -0.2) is 18.7 Å². The number of ether oxygens (including phenoxy) is 1. The number of unbranched alkanes of at least 4 members (excludes halogenated alkanes) is 2. The summed E-state index contributed by atoms with van der Waals surface area (Å²) in [5, 5.41) is 0. The van der Waals surface area contributed by atoms with Gasteiger partial charge >= 0.3 is 5.97 Å². The second-order valence-corrected chi connectivity index (χ2v) is 7.25. The van der Waals surface area contributed by atoms with Crippen LogP contribution in [0.5, 0.6) is 0 Å². The van der Waals surface area contributed by atoms with E-state index in [-0.39, 0.29) is 11.9 Å². The van der Waals surface area contributed by atoms with Crippen molar-refractivity contribution in [1.29, 1.82) is 0 Å². The third-order valence-corrected chi connectivity index (χ3v) is 4.89. The lowest BCUT2D eigenvalue weighted by Crippen LogP contribution is -2.25. The number of benzene rings is 1. The summed E-state index contributed by atoms with van der Waals surface area (Å²) in [6.45, 7) is 7.11. The number of rotatable bonds is 11. The molecule has 0 aromatic heterocycles. The molecule has 0 unspecified atom stereocenters. The molecule has 0 amide bonds. The van der Waals surface area contributed by atoms with E-state index in [4.69, 9.17) is 4.74 Å². The quantitative estimate of drug-likeness (QED) is 0.361. The summed E-state index contributed by atoms with van der Waals surface area (Å²) in [6, 6.07) is 8.60. The fourth-order valence-corrected chi connectivity index (χ4v) is 3.40. The highest BCUT2D eigenvalue weighted by molar-refractivity contribution is 5.75. The van der Waals surface area contributed by atoms with E-state index in [1.807, 2.05) is 6.20 Å². The van der Waals surface area contributed by atoms with Gasteiger partial charge in [0.1, 0.15) is 0 Å². The zero-order chi connectivity index (χ0) is 19.5. The lowest BCUT2D eigenvalue weighted by Gasteiger charge is -2.23. The number of carbonyl (C=O) groups excluding carboxylic acids is 1. The molecule has 1 aromatic carbocycles. The van der Waals surface area contributed by atoms with Crippen LogP contribution in [0.3, 0.4) is 0 Å². The van der Waals surface area contributed by atoms with Crippen LogP contribution < -0.4 is 4.90 Å². The highest BCUT2D eigenvalue weighted by atomic mass is 16.5. The van der Waals surface area contributed by atoms with Gasteiger partial charge in [-0.2, -0.15) is 0 Å². The Kier molecular flexibility index (Phi) is 9.09. The molecule has 0 atom stereocenters. The molecule has 0 saturated carbocycles. The van der Waals surface area contributed by atoms with Crippen LogP contribution in [0.2, 0.25) is 0 Å². The topological polar surface area (TPSA) is 41.9 Å². The van der Waals surface area contributed by atoms with Crippen molar-refractivity contribution in [1.82, 2.24) is 0 Å². The van der Waals surface area contributed by atoms with E-state index < -0.39 is 0 Å². The van der Waals surface area contributed by atoms with Crippen molar-refractivity contribution in [2.45, 2.75) is 72.1 Å². The Hall–Kier alpha value is -2.10. The maximum atomic E-state index is 12.5. The summed E-state index contributed by atoms with van der Waals surface area (Å²) in [7, 11) is 0. The Bertz CT molecular complexity index is 646. The molecule has 4 nitrogen and oxygen atoms in total. The Balaban J connectivity index is 2.03. The van der Waals surface area contributed by atoms with Gasteiger partial charge in [0.05, 0.1) is 18.7 Å². The molecule has 148 valence electrons. The van der Waals surface area contributed by atoms with Gasteiger partial charge < -0.3 is 9.64 Å². The Morgan fingerprint density at radius 3 is 2.63 bits per heavy atom. The number of aliphatic imine (C=N–C) groups is 1. The first-order chi connectivity index (χ1) is 13.2. The van der Waals surface area contributed by atoms with Crippen molar-refractivity contribution >= 4 is 17.9 Å². The van der Waals surface area contributed by atoms with Gasteiger partial charge in [0.2, 0.25) is 5.88 Å². The lowest BCUT2D eigenvalue weighted by molar-refractivity contribution is -0.144. The van der Waals surface area contributed by atoms with Gasteiger partial charge in [0.25, 0.3) is 0 Å². The van der Waals surface area contributed by atoms with Gasteiger partial charge in [-0.15, -0.1) is 0 Å². The van der Waals surface area contributed by atoms with Crippen molar-refractivity contribution in [3.63, 3.8) is 0 Å². The van der Waals surface area contributed by atoms with Crippen LogP contribution in [-0.2, 0) is 16.0 Å². The highest BCUT2D eigenvalue weighted by Gasteiger charge is 2.21. The second-order valence-electron chi connectivity index (χ2n) is 7.25. The third kappa shape index (κ3) is 6.85. The summed E-state index contributed by atoms with van der Waals surface area (Å²) in [6.07, 6.45) is 12.2. The van der Waals surface area contributed by atoms with Gasteiger partial charge in [-0.25, -0.2) is 4.99 Å². The average Bonchev–Trinajstić information content (AvgIpc) is 2.68. The molecule has 4 heteroatoms. The van der Waals surface area contributed by atoms with Crippen LogP contribution in [0.4, 0.5) is 5.69 Å². The van der Waals surface area contributed by atoms with Crippen LogP contribution in [0.1, 0.15) is 71.3 Å². The molecule has 0 saturated heterocycles. The van der Waals surface area contributed by atoms with Crippen LogP contribution in [0, 0.1) is 5.92 Å². The molecule has 0 N–H and O–H groups in total. The van der Waals surface area contributed by atoms with Gasteiger partial charge in [-0.1, -0.05) is 58.6 Å². The second kappa shape index (κ2) is 11.6. The first-order valence-electron chi connectivity index (χ1n) is 10.5. The van der Waals surface area contributed by atoms with E-state index >= 15 is 0 Å². The number of hydrogen-bond acceptors (Lipinski definition) is 4. The molecule has 1 aliphatic heterocycles. The number of hydrogen-bond donors (Lipinski definition) is 0. The number of anilines is 1. The predicted octanol–water partition coefficient (Wildman–Crippen LogP) is 5.87. The predicted molar refractivity (Wildman–Crippen MR) is 113 cm³/mol. The fraction of sp³-hybridized carbons (Fsp3) is 0.565. The van der Waals surface area contributed by atoms with Crippen LogP contribution >= 0.6 is 0 Å². The smallest absolute Gasteiger partial charge is 0.315 e. The molecule has 0 spiro atoms. The van der Waals surface area contributed by atoms with Crippen molar-refractivity contribution < 1.29 is 9.53 Å². The van der Waals surface area contributed by atoms with E-state index in [9.17, 15) is 4.79 Å². The zero-order valence-electron chi connectivity index (χ0n) is 17.1. The monoisotopic (exact) mass is 370 g/mol. The van der Waals surface area contributed by atoms with E-state index in [0.29, 0.717) is 12.4 Å². The minimum absolute atomic E-state index is 0.0339. The van der Waals surface area contributed by atoms with E-state index in [1.54, 1.807) is 6.21 Å². The summed E-state index contributed by atoms with van der Waals surface area (Å²) >= 11 is 0. The summed E-state index contributed by atoms with van der Waals surface area (Å²) in [5.74, 6) is 0.200. The summed E-state index contributed by atoms with van der Waals surface area (Å²) < 4.78 is 5.60. The molecule has 1 aromatic rings. The first kappa shape index (κ1) is 21.2. The molecule has 0 bridgehead atoms. The van der Waals surface area contributed by atoms with Crippen molar-refractivity contribution in [3.05, 3.63) is 41.9 Å². The minimum atomic E-state index is -0.155. The van der Waals surface area contributed by atoms with Crippen molar-refractivity contribution in [3.8, 4) is 0 Å². The maximum absolute atomic E-state index is 12.5. The number of aryl methyl sites for hydroxylation is 1. The van der Waals surface area contributed by atoms with Crippen LogP contribution in [0.25, 0.3) is 0 Å². The summed E-state index contributed by atoms with van der Waals surface area (Å²) in [4.78, 5) is 18.9. The van der Waals surface area contributed by atoms with Crippen molar-refractivity contribution in [2.24, 2.45) is 10.9 Å². The van der Waals surface area contributed by atoms with Crippen LogP contribution in [0.15, 0.2) is 41.3 Å². The molecule has 1 heterocycles. The lowest BCUT2D eigenvalue weighted by atomic mass is 9.99. The SMILES string of the molecule is CCCCCc1cccc(N2C=C(OC(=O)C(CCC)CCC)N=CC2)c1. The Morgan fingerprint density at radius 1 is 1.15 bits per heavy atom. The molecular weight excluding hydrogens is 336 g/mol. The molecule has 1 aliphatic rings. The third-order valence-electron chi connectivity index (χ3n) is 4.89. The molecule has 0 aliphatic carbocycles. The van der Waals surface area contributed by atoms with E-state index in [1.165, 1.54) is 24.8 Å². The molecule has 27 heavy (non-hydrogen) atoms. The van der Waals surface area contributed by atoms with Gasteiger partial charge in [-0.05, 0) is 43.4 Å². The normalized spacial score (nSPS) is 13.8. The largest absolute Gasteiger partial charge is 0.406 e. The average molecular weight is 371 g/mol. The van der Waals surface area contributed by atoms with Gasteiger partial charge in [0.15, 0.2) is 0 Å². The summed E-state index contributed by atoms with van der Waals surface area (Å²) in [5.41, 5.74) is 2.46. The molecule has 2 rings (SSSR count). The molecular formula is C23H34N2O2. The standard InChI is InChI=1S/C23H34N2O2/c1-4-7-8-12-19-13-9-14-21(17-19)25-16-15-24-22(18-25)27-23(26)20(10-5-2)11-6-3/h9,13-15,17-18,20H,4-8,10-12,16H2,1-3H3. The Morgan fingerprint density at radius 2 is 1.93 bits per heavy atom. The van der Waals surface area contributed by atoms with E-state index in [0.717, 1.165) is 37.8 Å². The number of carbonyl (C=O) groups is 1. The highest BCUT2D eigenvalue weighted by Crippen LogP contribution is 2.22. The fourth-order valence-electron chi connectivity index (χ4n) is 3.40. The minimum Gasteiger partial charge on any atom is -0.406 e. The number of esters is 1. The Labute approximate surface area is 164 Å². The van der Waals surface area contributed by atoms with E-state index in [2.05, 4.69) is 54.9 Å². The molecule has 0 fully saturated rings. The maximum Gasteiger partial charge on any atom is 0.315 e. The van der Waals surface area contributed by atoms with Gasteiger partial charge in [-0.3, -0.25) is 4.79 Å². The first-order valence-corrected chi connectivity index (χ1v) is 10.5. The van der Waals surface area contributed by atoms with Crippen molar-refractivity contribution in [2.75, 3.05) is 11.4 Å². The number of nitrogens with zero attached hydrogens (tertiary/aromatic N) is 2. The zero-order valence-corrected chi connectivity index (χ0v) is 17.1. The van der Waals surface area contributed by atoms with Gasteiger partial charge in [0, 0.05) is 11.9 Å².